The summed E-state index contributed by atoms with van der Waals surface area (Å²) in [6, 6.07) is 8.59. The number of hydrogen-bond acceptors (Lipinski definition) is 1. The molecule has 0 N–H and O–H groups in total. The topological polar surface area (TPSA) is 9.23 Å². The molecule has 0 amide bonds. The maximum Gasteiger partial charge on any atom is 0.123 e. The normalized spacial score (nSPS) is 25.9. The van der Waals surface area contributed by atoms with Crippen LogP contribution in [0.4, 0.5) is 0 Å². The summed E-state index contributed by atoms with van der Waals surface area (Å²) in [7, 11) is 0. The standard InChI is InChI=1S/C17H18O/c1-13-15-9-7-6-8-14(15)12-18-17-11-5-3-2-4-10-16(13)17/h4-11,13H,2-3,12H2,1H3/b10-4-,11-5-. The van der Waals surface area contributed by atoms with E-state index in [0.29, 0.717) is 12.5 Å². The van der Waals surface area contributed by atoms with Crippen molar-refractivity contribution in [3.05, 3.63) is 71.0 Å². The second-order valence-electron chi connectivity index (χ2n) is 4.91. The van der Waals surface area contributed by atoms with Crippen LogP contribution in [-0.2, 0) is 11.3 Å². The Morgan fingerprint density at radius 2 is 1.83 bits per heavy atom. The van der Waals surface area contributed by atoms with E-state index in [1.807, 2.05) is 0 Å². The zero-order chi connectivity index (χ0) is 12.4. The SMILES string of the molecule is CC1C2=C(/C=C\CC/C=C\2)OCc2ccccc21. The van der Waals surface area contributed by atoms with Gasteiger partial charge in [-0.15, -0.1) is 0 Å². The lowest BCUT2D eigenvalue weighted by atomic mass is 9.88. The highest BCUT2D eigenvalue weighted by Gasteiger charge is 2.21. The molecule has 92 valence electrons. The van der Waals surface area contributed by atoms with Crippen LogP contribution in [0.5, 0.6) is 0 Å². The van der Waals surface area contributed by atoms with E-state index < -0.39 is 0 Å². The van der Waals surface area contributed by atoms with Gasteiger partial charge in [0.05, 0.1) is 0 Å². The number of benzene rings is 1. The van der Waals surface area contributed by atoms with E-state index in [1.165, 1.54) is 16.7 Å². The first-order valence-corrected chi connectivity index (χ1v) is 6.64. The number of ether oxygens (including phenoxy) is 1. The van der Waals surface area contributed by atoms with Crippen molar-refractivity contribution in [3.8, 4) is 0 Å². The number of hydrogen-bond donors (Lipinski definition) is 0. The van der Waals surface area contributed by atoms with Crippen LogP contribution in [-0.4, -0.2) is 0 Å². The number of allylic oxidation sites excluding steroid dienone is 5. The molecule has 0 fully saturated rings. The van der Waals surface area contributed by atoms with Crippen molar-refractivity contribution in [2.45, 2.75) is 32.3 Å². The van der Waals surface area contributed by atoms with Gasteiger partial charge in [0.1, 0.15) is 12.4 Å². The molecule has 1 atom stereocenters. The quantitative estimate of drug-likeness (QED) is 0.647. The van der Waals surface area contributed by atoms with Gasteiger partial charge < -0.3 is 4.74 Å². The molecule has 0 bridgehead atoms. The van der Waals surface area contributed by atoms with Crippen LogP contribution >= 0.6 is 0 Å². The molecule has 0 aromatic heterocycles. The average molecular weight is 238 g/mol. The van der Waals surface area contributed by atoms with Crippen LogP contribution in [0.3, 0.4) is 0 Å². The predicted molar refractivity (Wildman–Crippen MR) is 74.2 cm³/mol. The van der Waals surface area contributed by atoms with Gasteiger partial charge in [0.2, 0.25) is 0 Å². The van der Waals surface area contributed by atoms with Gasteiger partial charge in [-0.05, 0) is 30.0 Å². The van der Waals surface area contributed by atoms with Crippen molar-refractivity contribution in [1.29, 1.82) is 0 Å². The summed E-state index contributed by atoms with van der Waals surface area (Å²) in [6.07, 6.45) is 11.1. The lowest BCUT2D eigenvalue weighted by Gasteiger charge is -2.15. The van der Waals surface area contributed by atoms with Crippen molar-refractivity contribution in [1.82, 2.24) is 0 Å². The minimum absolute atomic E-state index is 0.401. The molecule has 1 aromatic rings. The van der Waals surface area contributed by atoms with E-state index >= 15 is 0 Å². The van der Waals surface area contributed by atoms with Crippen LogP contribution in [0.2, 0.25) is 0 Å². The number of fused-ring (bicyclic) bond motifs is 1. The molecular weight excluding hydrogens is 220 g/mol. The Labute approximate surface area is 108 Å². The van der Waals surface area contributed by atoms with Gasteiger partial charge in [-0.25, -0.2) is 0 Å². The molecule has 3 rings (SSSR count). The zero-order valence-electron chi connectivity index (χ0n) is 10.7. The van der Waals surface area contributed by atoms with Gasteiger partial charge in [0.25, 0.3) is 0 Å². The molecule has 2 aliphatic rings. The first-order chi connectivity index (χ1) is 8.86. The third kappa shape index (κ3) is 2.01. The molecule has 18 heavy (non-hydrogen) atoms. The number of rotatable bonds is 0. The van der Waals surface area contributed by atoms with E-state index in [0.717, 1.165) is 18.6 Å². The molecule has 1 aromatic carbocycles. The molecule has 1 nitrogen and oxygen atoms in total. The monoisotopic (exact) mass is 238 g/mol. The van der Waals surface area contributed by atoms with Crippen molar-refractivity contribution >= 4 is 0 Å². The van der Waals surface area contributed by atoms with Crippen molar-refractivity contribution in [2.24, 2.45) is 0 Å². The molecule has 0 radical (unpaired) electrons. The average Bonchev–Trinajstić information content (AvgIpc) is 2.48. The molecule has 0 saturated heterocycles. The molecule has 1 unspecified atom stereocenters. The van der Waals surface area contributed by atoms with E-state index in [2.05, 4.69) is 55.5 Å². The van der Waals surface area contributed by atoms with Gasteiger partial charge in [-0.3, -0.25) is 0 Å². The maximum atomic E-state index is 5.98. The van der Waals surface area contributed by atoms with Crippen molar-refractivity contribution < 1.29 is 4.74 Å². The molecule has 1 heteroatoms. The Morgan fingerprint density at radius 3 is 2.72 bits per heavy atom. The molecule has 0 saturated carbocycles. The van der Waals surface area contributed by atoms with Crippen molar-refractivity contribution in [2.75, 3.05) is 0 Å². The van der Waals surface area contributed by atoms with Gasteiger partial charge >= 0.3 is 0 Å². The summed E-state index contributed by atoms with van der Waals surface area (Å²) in [5, 5.41) is 0. The summed E-state index contributed by atoms with van der Waals surface area (Å²) in [4.78, 5) is 0. The smallest absolute Gasteiger partial charge is 0.123 e. The third-order valence-corrected chi connectivity index (χ3v) is 3.72. The summed E-state index contributed by atoms with van der Waals surface area (Å²) >= 11 is 0. The summed E-state index contributed by atoms with van der Waals surface area (Å²) in [6.45, 7) is 2.94. The summed E-state index contributed by atoms with van der Waals surface area (Å²) in [5.74, 6) is 1.44. The van der Waals surface area contributed by atoms with Gasteiger partial charge in [0.15, 0.2) is 0 Å². The van der Waals surface area contributed by atoms with Crippen LogP contribution in [0.25, 0.3) is 0 Å². The highest BCUT2D eigenvalue weighted by Crippen LogP contribution is 2.35. The fraction of sp³-hybridized carbons (Fsp3) is 0.294. The van der Waals surface area contributed by atoms with Gasteiger partial charge in [-0.2, -0.15) is 0 Å². The fourth-order valence-electron chi connectivity index (χ4n) is 2.67. The fourth-order valence-corrected chi connectivity index (χ4v) is 2.67. The van der Waals surface area contributed by atoms with Crippen LogP contribution in [0.15, 0.2) is 59.9 Å². The van der Waals surface area contributed by atoms with E-state index in [9.17, 15) is 0 Å². The minimum Gasteiger partial charge on any atom is -0.489 e. The molecule has 1 aliphatic heterocycles. The molecule has 1 heterocycles. The van der Waals surface area contributed by atoms with E-state index in [-0.39, 0.29) is 0 Å². The highest BCUT2D eigenvalue weighted by atomic mass is 16.5. The first kappa shape index (κ1) is 11.3. The predicted octanol–water partition coefficient (Wildman–Crippen LogP) is 4.48. The zero-order valence-corrected chi connectivity index (χ0v) is 10.7. The largest absolute Gasteiger partial charge is 0.489 e. The second kappa shape index (κ2) is 4.85. The summed E-state index contributed by atoms with van der Waals surface area (Å²) < 4.78 is 5.98. The second-order valence-corrected chi connectivity index (χ2v) is 4.91. The third-order valence-electron chi connectivity index (χ3n) is 3.72. The Balaban J connectivity index is 2.10. The highest BCUT2D eigenvalue weighted by molar-refractivity contribution is 5.44. The minimum atomic E-state index is 0.401. The Bertz CT molecular complexity index is 534. The van der Waals surface area contributed by atoms with Gasteiger partial charge in [0, 0.05) is 11.5 Å². The van der Waals surface area contributed by atoms with Gasteiger partial charge in [-0.1, -0.05) is 49.4 Å². The Hall–Kier alpha value is -1.76. The lowest BCUT2D eigenvalue weighted by molar-refractivity contribution is 0.210. The first-order valence-electron chi connectivity index (χ1n) is 6.64. The lowest BCUT2D eigenvalue weighted by Crippen LogP contribution is -1.99. The van der Waals surface area contributed by atoms with Crippen molar-refractivity contribution in [3.63, 3.8) is 0 Å². The van der Waals surface area contributed by atoms with Crippen LogP contribution < -0.4 is 0 Å². The van der Waals surface area contributed by atoms with Crippen LogP contribution in [0, 0.1) is 0 Å². The Morgan fingerprint density at radius 1 is 1.06 bits per heavy atom. The molecular formula is C17H18O. The summed E-state index contributed by atoms with van der Waals surface area (Å²) in [5.41, 5.74) is 4.00. The maximum absolute atomic E-state index is 5.98. The molecule has 1 aliphatic carbocycles. The molecule has 0 spiro atoms. The van der Waals surface area contributed by atoms with Crippen LogP contribution in [0.1, 0.15) is 36.8 Å². The Kier molecular flexibility index (Phi) is 3.06. The van der Waals surface area contributed by atoms with E-state index in [4.69, 9.17) is 4.74 Å². The van der Waals surface area contributed by atoms with E-state index in [1.54, 1.807) is 0 Å².